The summed E-state index contributed by atoms with van der Waals surface area (Å²) < 4.78 is 29.1. The van der Waals surface area contributed by atoms with Crippen LogP contribution in [0.5, 0.6) is 0 Å². The summed E-state index contributed by atoms with van der Waals surface area (Å²) in [5.74, 6) is 0. The van der Waals surface area contributed by atoms with Crippen LogP contribution in [-0.2, 0) is 21.0 Å². The fourth-order valence-electron chi connectivity index (χ4n) is 1.29. The van der Waals surface area contributed by atoms with Crippen molar-refractivity contribution < 1.29 is 12.6 Å². The van der Waals surface area contributed by atoms with Gasteiger partial charge in [-0.15, -0.1) is 0 Å². The van der Waals surface area contributed by atoms with E-state index in [1.54, 1.807) is 6.92 Å². The Morgan fingerprint density at radius 1 is 1.18 bits per heavy atom. The molecule has 0 unspecified atom stereocenters. The number of hydrogen-bond acceptors (Lipinski definition) is 4. The quantitative estimate of drug-likeness (QED) is 0.672. The first kappa shape index (κ1) is 14.1. The zero-order chi connectivity index (χ0) is 12.6. The Hall–Kier alpha value is -0.950. The zero-order valence-electron chi connectivity index (χ0n) is 9.85. The summed E-state index contributed by atoms with van der Waals surface area (Å²) in [6.45, 7) is 3.37. The Morgan fingerprint density at radius 3 is 2.53 bits per heavy atom. The molecule has 0 fully saturated rings. The summed E-state index contributed by atoms with van der Waals surface area (Å²) in [4.78, 5) is 0. The Balaban J connectivity index is 2.13. The Bertz CT molecular complexity index is 406. The second kappa shape index (κ2) is 7.39. The van der Waals surface area contributed by atoms with Gasteiger partial charge in [-0.25, -0.2) is 0 Å². The highest BCUT2D eigenvalue weighted by Crippen LogP contribution is 1.96. The molecule has 5 nitrogen and oxygen atoms in total. The van der Waals surface area contributed by atoms with E-state index < -0.39 is 10.3 Å². The van der Waals surface area contributed by atoms with E-state index in [1.165, 1.54) is 5.56 Å². The molecule has 1 rings (SSSR count). The minimum atomic E-state index is -3.57. The van der Waals surface area contributed by atoms with E-state index in [1.807, 2.05) is 30.3 Å². The van der Waals surface area contributed by atoms with Crippen molar-refractivity contribution >= 4 is 10.3 Å². The van der Waals surface area contributed by atoms with Gasteiger partial charge in [-0.3, -0.25) is 4.18 Å². The van der Waals surface area contributed by atoms with Crippen LogP contribution in [0.15, 0.2) is 30.3 Å². The first-order valence-electron chi connectivity index (χ1n) is 5.52. The third-order valence-corrected chi connectivity index (χ3v) is 3.13. The van der Waals surface area contributed by atoms with Crippen LogP contribution in [-0.4, -0.2) is 28.1 Å². The minimum Gasteiger partial charge on any atom is -0.311 e. The smallest absolute Gasteiger partial charge is 0.311 e. The number of hydrogen-bond donors (Lipinski definition) is 2. The Kier molecular flexibility index (Phi) is 6.13. The third-order valence-electron chi connectivity index (χ3n) is 2.03. The monoisotopic (exact) mass is 258 g/mol. The lowest BCUT2D eigenvalue weighted by atomic mass is 10.2. The number of rotatable bonds is 8. The molecule has 0 atom stereocenters. The van der Waals surface area contributed by atoms with E-state index >= 15 is 0 Å². The Labute approximate surface area is 102 Å². The summed E-state index contributed by atoms with van der Waals surface area (Å²) in [6, 6.07) is 9.91. The molecule has 1 aromatic rings. The lowest BCUT2D eigenvalue weighted by Gasteiger charge is -2.07. The molecule has 1 aromatic carbocycles. The van der Waals surface area contributed by atoms with E-state index in [0.29, 0.717) is 13.1 Å². The predicted octanol–water partition coefficient (Wildman–Crippen LogP) is 0.647. The van der Waals surface area contributed by atoms with Crippen molar-refractivity contribution in [3.63, 3.8) is 0 Å². The Morgan fingerprint density at radius 2 is 1.88 bits per heavy atom. The van der Waals surface area contributed by atoms with Gasteiger partial charge in [-0.1, -0.05) is 30.3 Å². The average molecular weight is 258 g/mol. The molecule has 0 bridgehead atoms. The van der Waals surface area contributed by atoms with Crippen LogP contribution in [0, 0.1) is 0 Å². The summed E-state index contributed by atoms with van der Waals surface area (Å²) in [5.41, 5.74) is 1.17. The maximum absolute atomic E-state index is 11.1. The van der Waals surface area contributed by atoms with Crippen molar-refractivity contribution in [2.75, 3.05) is 19.7 Å². The van der Waals surface area contributed by atoms with E-state index in [9.17, 15) is 8.42 Å². The predicted molar refractivity (Wildman–Crippen MR) is 66.7 cm³/mol. The van der Waals surface area contributed by atoms with Gasteiger partial charge in [-0.2, -0.15) is 13.1 Å². The van der Waals surface area contributed by atoms with Gasteiger partial charge in [0.05, 0.1) is 6.61 Å². The lowest BCUT2D eigenvalue weighted by Crippen LogP contribution is -2.32. The third kappa shape index (κ3) is 6.38. The van der Waals surface area contributed by atoms with Crippen LogP contribution in [0.25, 0.3) is 0 Å². The van der Waals surface area contributed by atoms with Crippen molar-refractivity contribution in [3.8, 4) is 0 Å². The molecule has 0 spiro atoms. The van der Waals surface area contributed by atoms with Gasteiger partial charge in [0.15, 0.2) is 0 Å². The van der Waals surface area contributed by atoms with Crippen LogP contribution in [0.2, 0.25) is 0 Å². The van der Waals surface area contributed by atoms with Crippen LogP contribution in [0.4, 0.5) is 0 Å². The molecule has 96 valence electrons. The van der Waals surface area contributed by atoms with Gasteiger partial charge >= 0.3 is 10.3 Å². The van der Waals surface area contributed by atoms with Crippen LogP contribution < -0.4 is 10.0 Å². The second-order valence-corrected chi connectivity index (χ2v) is 4.85. The molecule has 17 heavy (non-hydrogen) atoms. The molecule has 6 heteroatoms. The van der Waals surface area contributed by atoms with E-state index in [4.69, 9.17) is 0 Å². The highest BCUT2D eigenvalue weighted by Gasteiger charge is 2.06. The van der Waals surface area contributed by atoms with Gasteiger partial charge in [-0.05, 0) is 12.5 Å². The maximum atomic E-state index is 11.1. The molecule has 0 aliphatic rings. The normalized spacial score (nSPS) is 11.6. The van der Waals surface area contributed by atoms with Crippen LogP contribution in [0.3, 0.4) is 0 Å². The van der Waals surface area contributed by atoms with Crippen molar-refractivity contribution in [2.24, 2.45) is 0 Å². The van der Waals surface area contributed by atoms with E-state index in [-0.39, 0.29) is 6.61 Å². The summed E-state index contributed by atoms with van der Waals surface area (Å²) in [6.07, 6.45) is 0. The fraction of sp³-hybridized carbons (Fsp3) is 0.455. The molecule has 0 radical (unpaired) electrons. The molecule has 0 saturated carbocycles. The largest absolute Gasteiger partial charge is 0.335 e. The molecule has 0 heterocycles. The molecule has 0 amide bonds. The first-order valence-corrected chi connectivity index (χ1v) is 6.93. The molecule has 0 aromatic heterocycles. The number of benzene rings is 1. The van der Waals surface area contributed by atoms with Gasteiger partial charge in [0, 0.05) is 19.6 Å². The first-order chi connectivity index (χ1) is 8.14. The average Bonchev–Trinajstić information content (AvgIpc) is 2.30. The van der Waals surface area contributed by atoms with Crippen molar-refractivity contribution in [1.82, 2.24) is 10.0 Å². The highest BCUT2D eigenvalue weighted by atomic mass is 32.2. The fourth-order valence-corrected chi connectivity index (χ4v) is 2.04. The molecular formula is C11H18N2O3S. The van der Waals surface area contributed by atoms with Gasteiger partial charge in [0.1, 0.15) is 0 Å². The maximum Gasteiger partial charge on any atom is 0.335 e. The summed E-state index contributed by atoms with van der Waals surface area (Å²) in [7, 11) is -3.57. The molecule has 2 N–H and O–H groups in total. The highest BCUT2D eigenvalue weighted by molar-refractivity contribution is 7.84. The van der Waals surface area contributed by atoms with Crippen molar-refractivity contribution in [2.45, 2.75) is 13.5 Å². The molecule has 0 aliphatic heterocycles. The molecule has 0 saturated heterocycles. The molecular weight excluding hydrogens is 240 g/mol. The topological polar surface area (TPSA) is 67.4 Å². The lowest BCUT2D eigenvalue weighted by molar-refractivity contribution is 0.330. The van der Waals surface area contributed by atoms with Gasteiger partial charge in [0.25, 0.3) is 0 Å². The standard InChI is InChI=1S/C11H18N2O3S/c1-2-16-17(14,15)13-9-8-12-10-11-6-4-3-5-7-11/h3-7,12-13H,2,8-10H2,1H3. The second-order valence-electron chi connectivity index (χ2n) is 3.42. The summed E-state index contributed by atoms with van der Waals surface area (Å²) in [5, 5.41) is 3.13. The van der Waals surface area contributed by atoms with Crippen LogP contribution >= 0.6 is 0 Å². The number of nitrogens with one attached hydrogen (secondary N) is 2. The zero-order valence-corrected chi connectivity index (χ0v) is 10.7. The minimum absolute atomic E-state index is 0.146. The molecule has 0 aliphatic carbocycles. The van der Waals surface area contributed by atoms with Crippen molar-refractivity contribution in [1.29, 1.82) is 0 Å². The van der Waals surface area contributed by atoms with Crippen LogP contribution in [0.1, 0.15) is 12.5 Å². The van der Waals surface area contributed by atoms with Gasteiger partial charge in [0.2, 0.25) is 0 Å². The van der Waals surface area contributed by atoms with Gasteiger partial charge < -0.3 is 5.32 Å². The van der Waals surface area contributed by atoms with E-state index in [2.05, 4.69) is 14.2 Å². The summed E-state index contributed by atoms with van der Waals surface area (Å²) >= 11 is 0. The van der Waals surface area contributed by atoms with Crippen molar-refractivity contribution in [3.05, 3.63) is 35.9 Å². The van der Waals surface area contributed by atoms with E-state index in [0.717, 1.165) is 6.54 Å². The SMILES string of the molecule is CCOS(=O)(=O)NCCNCc1ccccc1.